The maximum Gasteiger partial charge on any atom is 0.222 e. The van der Waals surface area contributed by atoms with Crippen molar-refractivity contribution in [3.8, 4) is 0 Å². The lowest BCUT2D eigenvalue weighted by Crippen LogP contribution is -2.24. The molecule has 1 saturated heterocycles. The van der Waals surface area contributed by atoms with E-state index in [9.17, 15) is 4.79 Å². The van der Waals surface area contributed by atoms with E-state index in [1.165, 1.54) is 0 Å². The number of nitrogens with zero attached hydrogens (tertiary/aromatic N) is 2. The fourth-order valence-electron chi connectivity index (χ4n) is 1.99. The highest BCUT2D eigenvalue weighted by Crippen LogP contribution is 2.14. The molecule has 1 N–H and O–H groups in total. The number of carbonyl (C=O) groups excluding carboxylic acids is 1. The molecule has 0 spiro atoms. The first kappa shape index (κ1) is 11.9. The highest BCUT2D eigenvalue weighted by Gasteiger charge is 2.20. The highest BCUT2D eigenvalue weighted by atomic mass is 16.2. The second-order valence-corrected chi connectivity index (χ2v) is 4.36. The zero-order chi connectivity index (χ0) is 12.1. The Hall–Kier alpha value is -1.58. The van der Waals surface area contributed by atoms with Crippen molar-refractivity contribution in [2.45, 2.75) is 32.7 Å². The first-order chi connectivity index (χ1) is 8.29. The van der Waals surface area contributed by atoms with Gasteiger partial charge in [0.2, 0.25) is 5.91 Å². The van der Waals surface area contributed by atoms with Crippen LogP contribution in [0.2, 0.25) is 0 Å². The predicted molar refractivity (Wildman–Crippen MR) is 67.7 cm³/mol. The van der Waals surface area contributed by atoms with E-state index >= 15 is 0 Å². The van der Waals surface area contributed by atoms with E-state index in [1.54, 1.807) is 0 Å². The van der Waals surface area contributed by atoms with Crippen molar-refractivity contribution in [3.05, 3.63) is 23.9 Å². The Morgan fingerprint density at radius 2 is 2.35 bits per heavy atom. The highest BCUT2D eigenvalue weighted by molar-refractivity contribution is 5.77. The monoisotopic (exact) mass is 233 g/mol. The van der Waals surface area contributed by atoms with Crippen molar-refractivity contribution in [1.29, 1.82) is 0 Å². The van der Waals surface area contributed by atoms with E-state index in [0.717, 1.165) is 37.4 Å². The molecule has 1 aliphatic rings. The molecule has 2 rings (SSSR count). The molecule has 92 valence electrons. The number of anilines is 1. The van der Waals surface area contributed by atoms with Crippen molar-refractivity contribution in [2.24, 2.45) is 0 Å². The molecule has 17 heavy (non-hydrogen) atoms. The van der Waals surface area contributed by atoms with E-state index < -0.39 is 0 Å². The molecule has 2 heterocycles. The number of likely N-dealkylation sites (tertiary alicyclic amines) is 1. The molecule has 1 aliphatic heterocycles. The third-order valence-electron chi connectivity index (χ3n) is 2.89. The van der Waals surface area contributed by atoms with E-state index in [0.29, 0.717) is 13.0 Å². The molecule has 0 bridgehead atoms. The normalized spacial score (nSPS) is 15.4. The minimum atomic E-state index is 0.249. The summed E-state index contributed by atoms with van der Waals surface area (Å²) < 4.78 is 0. The smallest absolute Gasteiger partial charge is 0.222 e. The van der Waals surface area contributed by atoms with Crippen LogP contribution in [0.4, 0.5) is 5.82 Å². The average molecular weight is 233 g/mol. The van der Waals surface area contributed by atoms with Crippen molar-refractivity contribution >= 4 is 11.7 Å². The zero-order valence-corrected chi connectivity index (χ0v) is 10.3. The van der Waals surface area contributed by atoms with Crippen LogP contribution in [-0.2, 0) is 11.3 Å². The summed E-state index contributed by atoms with van der Waals surface area (Å²) in [5.74, 6) is 1.15. The Balaban J connectivity index is 1.98. The van der Waals surface area contributed by atoms with Gasteiger partial charge in [-0.25, -0.2) is 4.98 Å². The number of hydrogen-bond donors (Lipinski definition) is 1. The summed E-state index contributed by atoms with van der Waals surface area (Å²) >= 11 is 0. The van der Waals surface area contributed by atoms with Crippen molar-refractivity contribution in [3.63, 3.8) is 0 Å². The Morgan fingerprint density at radius 3 is 3.06 bits per heavy atom. The summed E-state index contributed by atoms with van der Waals surface area (Å²) in [5, 5.41) is 3.26. The minimum absolute atomic E-state index is 0.249. The quantitative estimate of drug-likeness (QED) is 0.846. The van der Waals surface area contributed by atoms with Crippen molar-refractivity contribution < 1.29 is 4.79 Å². The van der Waals surface area contributed by atoms with Gasteiger partial charge in [-0.15, -0.1) is 0 Å². The second kappa shape index (κ2) is 5.66. The lowest BCUT2D eigenvalue weighted by atomic mass is 10.3. The molecule has 0 unspecified atom stereocenters. The average Bonchev–Trinajstić information content (AvgIpc) is 2.73. The van der Waals surface area contributed by atoms with Crippen molar-refractivity contribution in [2.75, 3.05) is 18.4 Å². The maximum atomic E-state index is 11.5. The van der Waals surface area contributed by atoms with Crippen LogP contribution >= 0.6 is 0 Å². The number of hydrogen-bond acceptors (Lipinski definition) is 3. The maximum absolute atomic E-state index is 11.5. The van der Waals surface area contributed by atoms with Crippen LogP contribution in [0.5, 0.6) is 0 Å². The van der Waals surface area contributed by atoms with Gasteiger partial charge in [-0.05, 0) is 25.0 Å². The molecule has 0 aliphatic carbocycles. The zero-order valence-electron chi connectivity index (χ0n) is 10.3. The van der Waals surface area contributed by atoms with Gasteiger partial charge >= 0.3 is 0 Å². The Morgan fingerprint density at radius 1 is 1.47 bits per heavy atom. The fourth-order valence-corrected chi connectivity index (χ4v) is 1.99. The predicted octanol–water partition coefficient (Wildman–Crippen LogP) is 2.03. The Labute approximate surface area is 102 Å². The van der Waals surface area contributed by atoms with Crippen LogP contribution in [0, 0.1) is 0 Å². The lowest BCUT2D eigenvalue weighted by Gasteiger charge is -2.15. The van der Waals surface area contributed by atoms with Gasteiger partial charge in [-0.1, -0.05) is 13.0 Å². The van der Waals surface area contributed by atoms with Gasteiger partial charge < -0.3 is 10.2 Å². The fraction of sp³-hybridized carbons (Fsp3) is 0.538. The third kappa shape index (κ3) is 3.19. The van der Waals surface area contributed by atoms with Gasteiger partial charge in [0, 0.05) is 19.5 Å². The Kier molecular flexibility index (Phi) is 3.96. The van der Waals surface area contributed by atoms with E-state index in [-0.39, 0.29) is 5.91 Å². The molecule has 4 heteroatoms. The van der Waals surface area contributed by atoms with Gasteiger partial charge in [0.05, 0.1) is 12.2 Å². The SMILES string of the molecule is CCCNc1cccc(CN2CCCC2=O)n1. The molecule has 0 atom stereocenters. The van der Waals surface area contributed by atoms with Gasteiger partial charge in [-0.3, -0.25) is 4.79 Å². The first-order valence-electron chi connectivity index (χ1n) is 6.27. The van der Waals surface area contributed by atoms with E-state index in [1.807, 2.05) is 23.1 Å². The van der Waals surface area contributed by atoms with Crippen LogP contribution in [0.3, 0.4) is 0 Å². The lowest BCUT2D eigenvalue weighted by molar-refractivity contribution is -0.128. The summed E-state index contributed by atoms with van der Waals surface area (Å²) in [5.41, 5.74) is 0.960. The molecule has 0 saturated carbocycles. The first-order valence-corrected chi connectivity index (χ1v) is 6.27. The van der Waals surface area contributed by atoms with Crippen LogP contribution in [0.25, 0.3) is 0 Å². The van der Waals surface area contributed by atoms with Crippen molar-refractivity contribution in [1.82, 2.24) is 9.88 Å². The summed E-state index contributed by atoms with van der Waals surface area (Å²) in [7, 11) is 0. The number of pyridine rings is 1. The molecule has 1 amide bonds. The van der Waals surface area contributed by atoms with Crippen LogP contribution in [-0.4, -0.2) is 28.9 Å². The largest absolute Gasteiger partial charge is 0.370 e. The molecule has 0 aromatic carbocycles. The summed E-state index contributed by atoms with van der Waals surface area (Å²) in [6.07, 6.45) is 2.75. The number of carbonyl (C=O) groups is 1. The van der Waals surface area contributed by atoms with Gasteiger partial charge in [0.25, 0.3) is 0 Å². The van der Waals surface area contributed by atoms with Crippen LogP contribution < -0.4 is 5.32 Å². The standard InChI is InChI=1S/C13H19N3O/c1-2-8-14-12-6-3-5-11(15-12)10-16-9-4-7-13(16)17/h3,5-6H,2,4,7-10H2,1H3,(H,14,15). The number of amides is 1. The number of aromatic nitrogens is 1. The topological polar surface area (TPSA) is 45.2 Å². The van der Waals surface area contributed by atoms with Crippen LogP contribution in [0.15, 0.2) is 18.2 Å². The minimum Gasteiger partial charge on any atom is -0.370 e. The molecule has 0 radical (unpaired) electrons. The number of rotatable bonds is 5. The number of nitrogens with one attached hydrogen (secondary N) is 1. The Bertz CT molecular complexity index is 392. The molecule has 4 nitrogen and oxygen atoms in total. The third-order valence-corrected chi connectivity index (χ3v) is 2.89. The van der Waals surface area contributed by atoms with E-state index in [2.05, 4.69) is 17.2 Å². The summed E-state index contributed by atoms with van der Waals surface area (Å²) in [6, 6.07) is 5.93. The molecule has 1 fully saturated rings. The summed E-state index contributed by atoms with van der Waals surface area (Å²) in [6.45, 7) is 4.56. The molecular formula is C13H19N3O. The summed E-state index contributed by atoms with van der Waals surface area (Å²) in [4.78, 5) is 17.9. The molecule has 1 aromatic heterocycles. The van der Waals surface area contributed by atoms with Gasteiger partial charge in [0.1, 0.15) is 5.82 Å². The van der Waals surface area contributed by atoms with Gasteiger partial charge in [0.15, 0.2) is 0 Å². The van der Waals surface area contributed by atoms with Crippen LogP contribution in [0.1, 0.15) is 31.9 Å². The second-order valence-electron chi connectivity index (χ2n) is 4.36. The molecule has 1 aromatic rings. The van der Waals surface area contributed by atoms with Gasteiger partial charge in [-0.2, -0.15) is 0 Å². The molecular weight excluding hydrogens is 214 g/mol. The van der Waals surface area contributed by atoms with E-state index in [4.69, 9.17) is 0 Å².